The van der Waals surface area contributed by atoms with Crippen LogP contribution < -0.4 is 0 Å². The van der Waals surface area contributed by atoms with E-state index < -0.39 is 4.92 Å². The maximum atomic E-state index is 11.7. The maximum Gasteiger partial charge on any atom is 0.409 e. The number of hydrogen-bond acceptors (Lipinski definition) is 5. The van der Waals surface area contributed by atoms with Crippen molar-refractivity contribution in [2.24, 2.45) is 0 Å². The van der Waals surface area contributed by atoms with Crippen LogP contribution in [0, 0.1) is 10.1 Å². The van der Waals surface area contributed by atoms with Crippen molar-refractivity contribution < 1.29 is 19.2 Å². The van der Waals surface area contributed by atoms with E-state index in [1.807, 2.05) is 0 Å². The van der Waals surface area contributed by atoms with Gasteiger partial charge in [-0.05, 0) is 24.6 Å². The van der Waals surface area contributed by atoms with Crippen LogP contribution in [-0.2, 0) is 9.47 Å². The number of amides is 1. The summed E-state index contributed by atoms with van der Waals surface area (Å²) in [6.45, 7) is 3.38. The molecule has 1 aromatic rings. The van der Waals surface area contributed by atoms with E-state index >= 15 is 0 Å². The molecule has 0 N–H and O–H groups in total. The summed E-state index contributed by atoms with van der Waals surface area (Å²) in [7, 11) is 0. The van der Waals surface area contributed by atoms with Crippen LogP contribution in [0.25, 0.3) is 0 Å². The number of nitrogens with zero attached hydrogens (tertiary/aromatic N) is 2. The molecule has 7 heteroatoms. The highest BCUT2D eigenvalue weighted by molar-refractivity contribution is 5.67. The molecule has 1 atom stereocenters. The first-order chi connectivity index (χ1) is 9.61. The molecular weight excluding hydrogens is 264 g/mol. The van der Waals surface area contributed by atoms with Gasteiger partial charge in [-0.1, -0.05) is 0 Å². The van der Waals surface area contributed by atoms with E-state index in [9.17, 15) is 14.9 Å². The maximum absolute atomic E-state index is 11.7. The van der Waals surface area contributed by atoms with Crippen LogP contribution in [0.15, 0.2) is 24.3 Å². The summed E-state index contributed by atoms with van der Waals surface area (Å²) in [5, 5.41) is 10.6. The van der Waals surface area contributed by atoms with E-state index in [0.29, 0.717) is 26.3 Å². The first kappa shape index (κ1) is 14.3. The number of carbonyl (C=O) groups is 1. The fourth-order valence-electron chi connectivity index (χ4n) is 2.04. The molecule has 0 aliphatic carbocycles. The second-order valence-corrected chi connectivity index (χ2v) is 4.35. The van der Waals surface area contributed by atoms with Crippen LogP contribution in [0.3, 0.4) is 0 Å². The van der Waals surface area contributed by atoms with Crippen molar-refractivity contribution in [1.29, 1.82) is 0 Å². The van der Waals surface area contributed by atoms with Crippen molar-refractivity contribution in [2.75, 3.05) is 26.3 Å². The van der Waals surface area contributed by atoms with Gasteiger partial charge in [0.1, 0.15) is 6.10 Å². The molecule has 1 aliphatic heterocycles. The van der Waals surface area contributed by atoms with Gasteiger partial charge in [0.05, 0.1) is 24.7 Å². The fraction of sp³-hybridized carbons (Fsp3) is 0.462. The highest BCUT2D eigenvalue weighted by Gasteiger charge is 2.26. The number of benzene rings is 1. The summed E-state index contributed by atoms with van der Waals surface area (Å²) >= 11 is 0. The minimum atomic E-state index is -0.448. The standard InChI is InChI=1S/C13H16N2O5/c1-2-19-13(16)14-7-8-20-12(9-14)10-3-5-11(6-4-10)15(17)18/h3-6,12H,2,7-9H2,1H3/t12-/m0/s1. The summed E-state index contributed by atoms with van der Waals surface area (Å²) in [6, 6.07) is 6.17. The molecule has 0 saturated carbocycles. The highest BCUT2D eigenvalue weighted by Crippen LogP contribution is 2.24. The van der Waals surface area contributed by atoms with Crippen molar-refractivity contribution >= 4 is 11.8 Å². The van der Waals surface area contributed by atoms with Gasteiger partial charge in [0.25, 0.3) is 5.69 Å². The minimum Gasteiger partial charge on any atom is -0.450 e. The van der Waals surface area contributed by atoms with Gasteiger partial charge in [0, 0.05) is 18.7 Å². The molecule has 7 nitrogen and oxygen atoms in total. The normalized spacial score (nSPS) is 18.6. The van der Waals surface area contributed by atoms with Crippen molar-refractivity contribution in [3.05, 3.63) is 39.9 Å². The lowest BCUT2D eigenvalue weighted by atomic mass is 10.1. The van der Waals surface area contributed by atoms with Crippen LogP contribution in [0.4, 0.5) is 10.5 Å². The monoisotopic (exact) mass is 280 g/mol. The third kappa shape index (κ3) is 3.24. The van der Waals surface area contributed by atoms with E-state index in [4.69, 9.17) is 9.47 Å². The van der Waals surface area contributed by atoms with Gasteiger partial charge in [0.2, 0.25) is 0 Å². The molecule has 108 valence electrons. The molecule has 0 unspecified atom stereocenters. The summed E-state index contributed by atoms with van der Waals surface area (Å²) in [5.74, 6) is 0. The Bertz CT molecular complexity index is 488. The summed E-state index contributed by atoms with van der Waals surface area (Å²) in [5.41, 5.74) is 0.844. The minimum absolute atomic E-state index is 0.0341. The largest absolute Gasteiger partial charge is 0.450 e. The zero-order valence-electron chi connectivity index (χ0n) is 11.2. The lowest BCUT2D eigenvalue weighted by Gasteiger charge is -2.32. The number of carbonyl (C=O) groups excluding carboxylic acids is 1. The second-order valence-electron chi connectivity index (χ2n) is 4.35. The zero-order valence-corrected chi connectivity index (χ0v) is 11.2. The summed E-state index contributed by atoms with van der Waals surface area (Å²) in [4.78, 5) is 23.4. The molecule has 0 aromatic heterocycles. The zero-order chi connectivity index (χ0) is 14.5. The molecule has 1 heterocycles. The molecule has 1 saturated heterocycles. The number of hydrogen-bond donors (Lipinski definition) is 0. The SMILES string of the molecule is CCOC(=O)N1CCO[C@H](c2ccc([N+](=O)[O-])cc2)C1. The van der Waals surface area contributed by atoms with E-state index in [-0.39, 0.29) is 17.9 Å². The Kier molecular flexibility index (Phi) is 4.52. The predicted molar refractivity (Wildman–Crippen MR) is 70.4 cm³/mol. The summed E-state index contributed by atoms with van der Waals surface area (Å²) < 4.78 is 10.6. The molecule has 20 heavy (non-hydrogen) atoms. The topological polar surface area (TPSA) is 81.9 Å². The average molecular weight is 280 g/mol. The average Bonchev–Trinajstić information content (AvgIpc) is 2.48. The van der Waals surface area contributed by atoms with E-state index in [1.54, 1.807) is 24.0 Å². The van der Waals surface area contributed by atoms with Crippen LogP contribution in [0.5, 0.6) is 0 Å². The van der Waals surface area contributed by atoms with Gasteiger partial charge in [-0.15, -0.1) is 0 Å². The lowest BCUT2D eigenvalue weighted by molar-refractivity contribution is -0.384. The van der Waals surface area contributed by atoms with Crippen LogP contribution in [-0.4, -0.2) is 42.2 Å². The number of ether oxygens (including phenoxy) is 2. The number of nitro benzene ring substituents is 1. The van der Waals surface area contributed by atoms with Crippen molar-refractivity contribution in [1.82, 2.24) is 4.90 Å². The van der Waals surface area contributed by atoms with Gasteiger partial charge < -0.3 is 14.4 Å². The molecule has 1 aromatic carbocycles. The van der Waals surface area contributed by atoms with Crippen LogP contribution >= 0.6 is 0 Å². The molecule has 1 amide bonds. The van der Waals surface area contributed by atoms with Gasteiger partial charge in [-0.3, -0.25) is 10.1 Å². The smallest absolute Gasteiger partial charge is 0.409 e. The predicted octanol–water partition coefficient (Wildman–Crippen LogP) is 2.12. The van der Waals surface area contributed by atoms with Crippen LogP contribution in [0.2, 0.25) is 0 Å². The number of nitro groups is 1. The van der Waals surface area contributed by atoms with Crippen LogP contribution in [0.1, 0.15) is 18.6 Å². The third-order valence-corrected chi connectivity index (χ3v) is 3.07. The Morgan fingerprint density at radius 2 is 2.20 bits per heavy atom. The first-order valence-electron chi connectivity index (χ1n) is 6.39. The van der Waals surface area contributed by atoms with E-state index in [1.165, 1.54) is 12.1 Å². The van der Waals surface area contributed by atoms with E-state index in [0.717, 1.165) is 5.56 Å². The Balaban J connectivity index is 2.04. The quantitative estimate of drug-likeness (QED) is 0.625. The molecule has 1 aliphatic rings. The first-order valence-corrected chi connectivity index (χ1v) is 6.39. The van der Waals surface area contributed by atoms with E-state index in [2.05, 4.69) is 0 Å². The second kappa shape index (κ2) is 6.33. The van der Waals surface area contributed by atoms with Gasteiger partial charge in [0.15, 0.2) is 0 Å². The number of rotatable bonds is 3. The van der Waals surface area contributed by atoms with Gasteiger partial charge in [-0.2, -0.15) is 0 Å². The molecule has 0 radical (unpaired) electrons. The lowest BCUT2D eigenvalue weighted by Crippen LogP contribution is -2.42. The van der Waals surface area contributed by atoms with Crippen molar-refractivity contribution in [3.63, 3.8) is 0 Å². The molecule has 1 fully saturated rings. The molecule has 2 rings (SSSR count). The molecule has 0 spiro atoms. The van der Waals surface area contributed by atoms with Crippen molar-refractivity contribution in [3.8, 4) is 0 Å². The molecular formula is C13H16N2O5. The molecule has 0 bridgehead atoms. The Hall–Kier alpha value is -2.15. The Labute approximate surface area is 116 Å². The fourth-order valence-corrected chi connectivity index (χ4v) is 2.04. The third-order valence-electron chi connectivity index (χ3n) is 3.07. The number of morpholine rings is 1. The van der Waals surface area contributed by atoms with Crippen molar-refractivity contribution in [2.45, 2.75) is 13.0 Å². The number of non-ortho nitro benzene ring substituents is 1. The Morgan fingerprint density at radius 1 is 1.50 bits per heavy atom. The Morgan fingerprint density at radius 3 is 2.80 bits per heavy atom. The van der Waals surface area contributed by atoms with Gasteiger partial charge >= 0.3 is 6.09 Å². The summed E-state index contributed by atoms with van der Waals surface area (Å²) in [6.07, 6.45) is -0.642. The van der Waals surface area contributed by atoms with Gasteiger partial charge in [-0.25, -0.2) is 4.79 Å². The highest BCUT2D eigenvalue weighted by atomic mass is 16.6.